The van der Waals surface area contributed by atoms with Crippen LogP contribution in [0.1, 0.15) is 49.7 Å². The maximum absolute atomic E-state index is 3.65. The minimum Gasteiger partial charge on any atom is -0.312 e. The first-order valence-electron chi connectivity index (χ1n) is 7.13. The Morgan fingerprint density at radius 1 is 1.18 bits per heavy atom. The summed E-state index contributed by atoms with van der Waals surface area (Å²) in [5.41, 5.74) is 3.12. The minimum atomic E-state index is 0.864. The zero-order chi connectivity index (χ0) is 11.7. The van der Waals surface area contributed by atoms with Crippen molar-refractivity contribution >= 4 is 0 Å². The Hall–Kier alpha value is -0.820. The van der Waals surface area contributed by atoms with Crippen LogP contribution < -0.4 is 5.32 Å². The maximum Gasteiger partial charge on any atom is 0.0208 e. The number of nitrogens with one attached hydrogen (secondary N) is 1. The van der Waals surface area contributed by atoms with Gasteiger partial charge in [-0.1, -0.05) is 31.2 Å². The van der Waals surface area contributed by atoms with Gasteiger partial charge in [0.05, 0.1) is 0 Å². The van der Waals surface area contributed by atoms with Crippen LogP contribution in [0.5, 0.6) is 0 Å². The standard InChI is InChI=1S/C16H23N/c1-12(13-6-7-13)10-17-11-15-4-2-3-5-16(15)14-8-9-14/h2-5,12-14,17H,6-11H2,1H3. The van der Waals surface area contributed by atoms with Crippen LogP contribution in [0, 0.1) is 11.8 Å². The summed E-state index contributed by atoms with van der Waals surface area (Å²) in [4.78, 5) is 0. The van der Waals surface area contributed by atoms with Gasteiger partial charge in [-0.25, -0.2) is 0 Å². The van der Waals surface area contributed by atoms with Gasteiger partial charge in [-0.05, 0) is 61.1 Å². The summed E-state index contributed by atoms with van der Waals surface area (Å²) in [7, 11) is 0. The van der Waals surface area contributed by atoms with Gasteiger partial charge in [-0.15, -0.1) is 0 Å². The molecule has 2 saturated carbocycles. The highest BCUT2D eigenvalue weighted by Gasteiger charge is 2.28. The Kier molecular flexibility index (Phi) is 3.19. The van der Waals surface area contributed by atoms with Crippen molar-refractivity contribution in [2.45, 2.75) is 45.1 Å². The van der Waals surface area contributed by atoms with E-state index >= 15 is 0 Å². The summed E-state index contributed by atoms with van der Waals surface area (Å²) in [5, 5.41) is 3.65. The van der Waals surface area contributed by atoms with Crippen molar-refractivity contribution in [2.24, 2.45) is 11.8 Å². The van der Waals surface area contributed by atoms with Crippen LogP contribution in [0.4, 0.5) is 0 Å². The lowest BCUT2D eigenvalue weighted by Gasteiger charge is -2.13. The number of rotatable bonds is 6. The summed E-state index contributed by atoms with van der Waals surface area (Å²) >= 11 is 0. The van der Waals surface area contributed by atoms with Crippen molar-refractivity contribution in [3.63, 3.8) is 0 Å². The fraction of sp³-hybridized carbons (Fsp3) is 0.625. The van der Waals surface area contributed by atoms with E-state index in [1.165, 1.54) is 37.8 Å². The second-order valence-electron chi connectivity index (χ2n) is 5.92. The summed E-state index contributed by atoms with van der Waals surface area (Å²) in [5.74, 6) is 2.75. The molecule has 17 heavy (non-hydrogen) atoms. The normalized spacial score (nSPS) is 21.5. The van der Waals surface area contributed by atoms with Gasteiger partial charge in [0.1, 0.15) is 0 Å². The molecule has 0 aliphatic heterocycles. The Balaban J connectivity index is 1.53. The summed E-state index contributed by atoms with van der Waals surface area (Å²) in [6, 6.07) is 8.97. The molecule has 2 aliphatic carbocycles. The minimum absolute atomic E-state index is 0.864. The van der Waals surface area contributed by atoms with Crippen LogP contribution in [0.15, 0.2) is 24.3 Å². The van der Waals surface area contributed by atoms with Crippen LogP contribution >= 0.6 is 0 Å². The molecule has 0 amide bonds. The Labute approximate surface area is 105 Å². The molecule has 1 nitrogen and oxygen atoms in total. The number of hydrogen-bond donors (Lipinski definition) is 1. The number of benzene rings is 1. The molecule has 3 rings (SSSR count). The van der Waals surface area contributed by atoms with Crippen molar-refractivity contribution in [1.82, 2.24) is 5.32 Å². The van der Waals surface area contributed by atoms with E-state index in [1.807, 2.05) is 0 Å². The Bertz CT molecular complexity index is 377. The van der Waals surface area contributed by atoms with E-state index in [-0.39, 0.29) is 0 Å². The van der Waals surface area contributed by atoms with Gasteiger partial charge in [0.15, 0.2) is 0 Å². The highest BCUT2D eigenvalue weighted by atomic mass is 14.9. The molecule has 0 bridgehead atoms. The molecule has 0 aromatic heterocycles. The third-order valence-corrected chi connectivity index (χ3v) is 4.28. The highest BCUT2D eigenvalue weighted by Crippen LogP contribution is 2.41. The van der Waals surface area contributed by atoms with E-state index in [0.717, 1.165) is 24.3 Å². The predicted molar refractivity (Wildman–Crippen MR) is 72.0 cm³/mol. The molecular weight excluding hydrogens is 206 g/mol. The average molecular weight is 229 g/mol. The maximum atomic E-state index is 3.65. The van der Waals surface area contributed by atoms with Gasteiger partial charge >= 0.3 is 0 Å². The summed E-state index contributed by atoms with van der Waals surface area (Å²) < 4.78 is 0. The van der Waals surface area contributed by atoms with Crippen molar-refractivity contribution in [1.29, 1.82) is 0 Å². The Morgan fingerprint density at radius 3 is 2.65 bits per heavy atom. The van der Waals surface area contributed by atoms with E-state index < -0.39 is 0 Å². The quantitative estimate of drug-likeness (QED) is 0.784. The van der Waals surface area contributed by atoms with E-state index in [0.29, 0.717) is 0 Å². The smallest absolute Gasteiger partial charge is 0.0208 e. The van der Waals surface area contributed by atoms with Gasteiger partial charge in [-0.3, -0.25) is 0 Å². The average Bonchev–Trinajstić information content (AvgIpc) is 3.19. The van der Waals surface area contributed by atoms with Crippen molar-refractivity contribution < 1.29 is 0 Å². The topological polar surface area (TPSA) is 12.0 Å². The van der Waals surface area contributed by atoms with E-state index in [4.69, 9.17) is 0 Å². The molecule has 1 atom stereocenters. The summed E-state index contributed by atoms with van der Waals surface area (Å²) in [6.45, 7) is 4.63. The van der Waals surface area contributed by atoms with Crippen LogP contribution in [0.25, 0.3) is 0 Å². The molecule has 1 aromatic rings. The van der Waals surface area contributed by atoms with E-state index in [2.05, 4.69) is 36.5 Å². The monoisotopic (exact) mass is 229 g/mol. The van der Waals surface area contributed by atoms with Gasteiger partial charge < -0.3 is 5.32 Å². The van der Waals surface area contributed by atoms with Gasteiger partial charge in [0.2, 0.25) is 0 Å². The van der Waals surface area contributed by atoms with Crippen molar-refractivity contribution in [3.05, 3.63) is 35.4 Å². The lowest BCUT2D eigenvalue weighted by atomic mass is 10.0. The first-order valence-corrected chi connectivity index (χ1v) is 7.13. The molecule has 1 heteroatoms. The molecule has 2 fully saturated rings. The SMILES string of the molecule is CC(CNCc1ccccc1C1CC1)C1CC1. The first kappa shape index (κ1) is 11.3. The second-order valence-corrected chi connectivity index (χ2v) is 5.92. The first-order chi connectivity index (χ1) is 8.34. The van der Waals surface area contributed by atoms with Crippen molar-refractivity contribution in [3.8, 4) is 0 Å². The van der Waals surface area contributed by atoms with E-state index in [9.17, 15) is 0 Å². The lowest BCUT2D eigenvalue weighted by Crippen LogP contribution is -2.22. The van der Waals surface area contributed by atoms with Crippen LogP contribution in [0.2, 0.25) is 0 Å². The molecule has 0 saturated heterocycles. The van der Waals surface area contributed by atoms with Gasteiger partial charge in [-0.2, -0.15) is 0 Å². The fourth-order valence-electron chi connectivity index (χ4n) is 2.75. The van der Waals surface area contributed by atoms with Crippen LogP contribution in [0.3, 0.4) is 0 Å². The van der Waals surface area contributed by atoms with Gasteiger partial charge in [0, 0.05) is 6.54 Å². The third kappa shape index (κ3) is 2.90. The molecule has 0 radical (unpaired) electrons. The molecule has 0 spiro atoms. The largest absolute Gasteiger partial charge is 0.312 e. The van der Waals surface area contributed by atoms with Crippen molar-refractivity contribution in [2.75, 3.05) is 6.54 Å². The van der Waals surface area contributed by atoms with Crippen LogP contribution in [-0.2, 0) is 6.54 Å². The fourth-order valence-corrected chi connectivity index (χ4v) is 2.75. The van der Waals surface area contributed by atoms with Crippen LogP contribution in [-0.4, -0.2) is 6.54 Å². The molecule has 1 N–H and O–H groups in total. The van der Waals surface area contributed by atoms with E-state index in [1.54, 1.807) is 5.56 Å². The Morgan fingerprint density at radius 2 is 1.94 bits per heavy atom. The lowest BCUT2D eigenvalue weighted by molar-refractivity contribution is 0.461. The van der Waals surface area contributed by atoms with Gasteiger partial charge in [0.25, 0.3) is 0 Å². The molecule has 1 unspecified atom stereocenters. The predicted octanol–water partition coefficient (Wildman–Crippen LogP) is 3.70. The molecule has 2 aliphatic rings. The zero-order valence-electron chi connectivity index (χ0n) is 10.8. The summed E-state index contributed by atoms with van der Waals surface area (Å²) in [6.07, 6.45) is 5.72. The number of hydrogen-bond acceptors (Lipinski definition) is 1. The second kappa shape index (κ2) is 4.81. The zero-order valence-corrected chi connectivity index (χ0v) is 10.8. The highest BCUT2D eigenvalue weighted by molar-refractivity contribution is 5.33. The molecular formula is C16H23N. The third-order valence-electron chi connectivity index (χ3n) is 4.28. The molecule has 92 valence electrons. The molecule has 1 aromatic carbocycles. The molecule has 0 heterocycles.